The first-order chi connectivity index (χ1) is 12.1. The van der Waals surface area contributed by atoms with E-state index in [9.17, 15) is 9.59 Å². The van der Waals surface area contributed by atoms with E-state index >= 15 is 0 Å². The molecule has 0 bridgehead atoms. The fourth-order valence-electron chi connectivity index (χ4n) is 3.02. The fraction of sp³-hybridized carbons (Fsp3) is 0.421. The van der Waals surface area contributed by atoms with Crippen molar-refractivity contribution in [2.45, 2.75) is 45.2 Å². The van der Waals surface area contributed by atoms with Crippen molar-refractivity contribution < 1.29 is 9.59 Å². The summed E-state index contributed by atoms with van der Waals surface area (Å²) in [6.45, 7) is 4.06. The van der Waals surface area contributed by atoms with Gasteiger partial charge >= 0.3 is 11.8 Å². The van der Waals surface area contributed by atoms with Crippen molar-refractivity contribution in [3.63, 3.8) is 0 Å². The average molecular weight is 340 g/mol. The second-order valence-corrected chi connectivity index (χ2v) is 6.54. The monoisotopic (exact) mass is 340 g/mol. The van der Waals surface area contributed by atoms with Crippen LogP contribution in [0.3, 0.4) is 0 Å². The predicted molar refractivity (Wildman–Crippen MR) is 95.9 cm³/mol. The molecule has 1 aromatic heterocycles. The zero-order valence-electron chi connectivity index (χ0n) is 14.6. The van der Waals surface area contributed by atoms with Crippen molar-refractivity contribution in [2.75, 3.05) is 5.32 Å². The molecule has 6 nitrogen and oxygen atoms in total. The smallest absolute Gasteiger partial charge is 0.314 e. The van der Waals surface area contributed by atoms with Crippen LogP contribution in [0, 0.1) is 5.92 Å². The second kappa shape index (κ2) is 7.51. The van der Waals surface area contributed by atoms with Crippen LogP contribution in [0.25, 0.3) is 0 Å². The van der Waals surface area contributed by atoms with E-state index in [4.69, 9.17) is 0 Å². The Labute approximate surface area is 147 Å². The van der Waals surface area contributed by atoms with Crippen molar-refractivity contribution in [2.24, 2.45) is 5.92 Å². The first-order valence-electron chi connectivity index (χ1n) is 8.80. The molecule has 0 radical (unpaired) electrons. The standard InChI is InChI=1S/C19H24N4O2/c1-3-16(15-7-5-4-6-8-15)21-18(24)19(25)22-17-11-12-20-23(17)13(2)14-9-10-14/h4-8,11-14,16H,3,9-10H2,1-2H3,(H,21,24)(H,22,25)/t13-,16-/m1/s1. The Morgan fingerprint density at radius 2 is 1.92 bits per heavy atom. The minimum Gasteiger partial charge on any atom is -0.341 e. The highest BCUT2D eigenvalue weighted by Crippen LogP contribution is 2.40. The van der Waals surface area contributed by atoms with Crippen LogP contribution in [-0.2, 0) is 9.59 Å². The van der Waals surface area contributed by atoms with Gasteiger partial charge in [-0.3, -0.25) is 9.59 Å². The van der Waals surface area contributed by atoms with Crippen LogP contribution in [0.2, 0.25) is 0 Å². The molecule has 0 aliphatic heterocycles. The molecule has 1 aliphatic rings. The van der Waals surface area contributed by atoms with E-state index in [2.05, 4.69) is 22.7 Å². The van der Waals surface area contributed by atoms with Gasteiger partial charge < -0.3 is 10.6 Å². The molecular formula is C19H24N4O2. The van der Waals surface area contributed by atoms with Gasteiger partial charge in [0.2, 0.25) is 0 Å². The third-order valence-corrected chi connectivity index (χ3v) is 4.72. The van der Waals surface area contributed by atoms with Gasteiger partial charge in [0.15, 0.2) is 0 Å². The predicted octanol–water partition coefficient (Wildman–Crippen LogP) is 3.06. The Morgan fingerprint density at radius 1 is 1.20 bits per heavy atom. The zero-order valence-corrected chi connectivity index (χ0v) is 14.6. The molecule has 0 spiro atoms. The van der Waals surface area contributed by atoms with E-state index in [1.165, 1.54) is 12.8 Å². The van der Waals surface area contributed by atoms with Crippen LogP contribution < -0.4 is 10.6 Å². The molecule has 6 heteroatoms. The summed E-state index contributed by atoms with van der Waals surface area (Å²) in [4.78, 5) is 24.6. The Bertz CT molecular complexity index is 737. The van der Waals surface area contributed by atoms with Gasteiger partial charge in [0.1, 0.15) is 5.82 Å². The van der Waals surface area contributed by atoms with Crippen molar-refractivity contribution in [1.29, 1.82) is 0 Å². The van der Waals surface area contributed by atoms with Gasteiger partial charge in [0, 0.05) is 6.07 Å². The lowest BCUT2D eigenvalue weighted by atomic mass is 10.0. The normalized spacial score (nSPS) is 16.1. The highest BCUT2D eigenvalue weighted by molar-refractivity contribution is 6.39. The van der Waals surface area contributed by atoms with E-state index in [-0.39, 0.29) is 12.1 Å². The highest BCUT2D eigenvalue weighted by atomic mass is 16.2. The number of anilines is 1. The summed E-state index contributed by atoms with van der Waals surface area (Å²) in [6.07, 6.45) is 4.72. The molecule has 0 saturated heterocycles. The first-order valence-corrected chi connectivity index (χ1v) is 8.80. The Balaban J connectivity index is 1.63. The van der Waals surface area contributed by atoms with Gasteiger partial charge in [-0.15, -0.1) is 0 Å². The molecule has 25 heavy (non-hydrogen) atoms. The number of rotatable bonds is 6. The number of carbonyl (C=O) groups excluding carboxylic acids is 2. The second-order valence-electron chi connectivity index (χ2n) is 6.54. The maximum atomic E-state index is 12.3. The molecule has 1 saturated carbocycles. The van der Waals surface area contributed by atoms with E-state index < -0.39 is 11.8 Å². The van der Waals surface area contributed by atoms with Crippen LogP contribution in [-0.4, -0.2) is 21.6 Å². The van der Waals surface area contributed by atoms with Crippen molar-refractivity contribution in [1.82, 2.24) is 15.1 Å². The minimum absolute atomic E-state index is 0.185. The van der Waals surface area contributed by atoms with Crippen molar-refractivity contribution >= 4 is 17.6 Å². The summed E-state index contributed by atoms with van der Waals surface area (Å²) in [6, 6.07) is 11.4. The van der Waals surface area contributed by atoms with Crippen molar-refractivity contribution in [3.8, 4) is 0 Å². The Kier molecular flexibility index (Phi) is 5.16. The lowest BCUT2D eigenvalue weighted by Gasteiger charge is -2.18. The zero-order chi connectivity index (χ0) is 17.8. The van der Waals surface area contributed by atoms with Crippen molar-refractivity contribution in [3.05, 3.63) is 48.2 Å². The van der Waals surface area contributed by atoms with Crippen LogP contribution >= 0.6 is 0 Å². The highest BCUT2D eigenvalue weighted by Gasteiger charge is 2.31. The molecule has 1 fully saturated rings. The minimum atomic E-state index is -0.667. The summed E-state index contributed by atoms with van der Waals surface area (Å²) in [5, 5.41) is 9.77. The first kappa shape index (κ1) is 17.2. The summed E-state index contributed by atoms with van der Waals surface area (Å²) in [5.41, 5.74) is 0.985. The van der Waals surface area contributed by atoms with E-state index in [0.29, 0.717) is 18.2 Å². The SMILES string of the molecule is CC[C@@H](NC(=O)C(=O)Nc1ccnn1[C@H](C)C1CC1)c1ccccc1. The fourth-order valence-corrected chi connectivity index (χ4v) is 3.02. The van der Waals surface area contributed by atoms with Crippen LogP contribution in [0.15, 0.2) is 42.6 Å². The molecule has 1 heterocycles. The number of hydrogen-bond donors (Lipinski definition) is 2. The average Bonchev–Trinajstić information content (AvgIpc) is 3.39. The Morgan fingerprint density at radius 3 is 2.56 bits per heavy atom. The quantitative estimate of drug-likeness (QED) is 0.794. The molecule has 3 rings (SSSR count). The van der Waals surface area contributed by atoms with E-state index in [1.54, 1.807) is 16.9 Å². The Hall–Kier alpha value is -2.63. The molecule has 2 N–H and O–H groups in total. The van der Waals surface area contributed by atoms with Gasteiger partial charge in [-0.2, -0.15) is 5.10 Å². The van der Waals surface area contributed by atoms with Gasteiger partial charge in [-0.1, -0.05) is 37.3 Å². The van der Waals surface area contributed by atoms with Gasteiger partial charge in [0.05, 0.1) is 18.3 Å². The van der Waals surface area contributed by atoms with Crippen LogP contribution in [0.4, 0.5) is 5.82 Å². The topological polar surface area (TPSA) is 76.0 Å². The molecule has 2 amide bonds. The van der Waals surface area contributed by atoms with Gasteiger partial charge in [-0.25, -0.2) is 4.68 Å². The number of hydrogen-bond acceptors (Lipinski definition) is 3. The third-order valence-electron chi connectivity index (χ3n) is 4.72. The van der Waals surface area contributed by atoms with E-state index in [1.807, 2.05) is 37.3 Å². The molecule has 132 valence electrons. The summed E-state index contributed by atoms with van der Waals surface area (Å²) >= 11 is 0. The van der Waals surface area contributed by atoms with E-state index in [0.717, 1.165) is 5.56 Å². The number of nitrogens with one attached hydrogen (secondary N) is 2. The molecule has 1 aromatic carbocycles. The maximum absolute atomic E-state index is 12.3. The lowest BCUT2D eigenvalue weighted by molar-refractivity contribution is -0.136. The largest absolute Gasteiger partial charge is 0.341 e. The molecular weight excluding hydrogens is 316 g/mol. The molecule has 0 unspecified atom stereocenters. The third kappa shape index (κ3) is 4.07. The van der Waals surface area contributed by atoms with Gasteiger partial charge in [0.25, 0.3) is 0 Å². The summed E-state index contributed by atoms with van der Waals surface area (Å²) in [7, 11) is 0. The number of benzene rings is 1. The number of carbonyl (C=O) groups is 2. The molecule has 2 aromatic rings. The lowest BCUT2D eigenvalue weighted by Crippen LogP contribution is -2.38. The molecule has 2 atom stereocenters. The number of amides is 2. The number of aromatic nitrogens is 2. The van der Waals surface area contributed by atoms with Crippen LogP contribution in [0.1, 0.15) is 50.8 Å². The molecule has 1 aliphatic carbocycles. The maximum Gasteiger partial charge on any atom is 0.314 e. The van der Waals surface area contributed by atoms with Gasteiger partial charge in [-0.05, 0) is 37.7 Å². The summed E-state index contributed by atoms with van der Waals surface area (Å²) in [5.74, 6) is -0.138. The number of nitrogens with zero attached hydrogens (tertiary/aromatic N) is 2. The van der Waals surface area contributed by atoms with Crippen LogP contribution in [0.5, 0.6) is 0 Å². The summed E-state index contributed by atoms with van der Waals surface area (Å²) < 4.78 is 1.79.